The summed E-state index contributed by atoms with van der Waals surface area (Å²) in [4.78, 5) is 30.5. The maximum Gasteiger partial charge on any atom is 0.266 e. The third kappa shape index (κ3) is 4.81. The van der Waals surface area contributed by atoms with Crippen LogP contribution in [0.1, 0.15) is 11.1 Å². The molecule has 4 aromatic rings. The summed E-state index contributed by atoms with van der Waals surface area (Å²) < 4.78 is 1.58. The largest absolute Gasteiger partial charge is 0.325 e. The summed E-state index contributed by atoms with van der Waals surface area (Å²) in [6.07, 6.45) is 0. The molecule has 1 amide bonds. The molecule has 0 atom stereocenters. The number of anilines is 1. The second kappa shape index (κ2) is 8.96. The van der Waals surface area contributed by atoms with E-state index < -0.39 is 0 Å². The molecule has 156 valence electrons. The number of amides is 1. The van der Waals surface area contributed by atoms with Crippen molar-refractivity contribution < 1.29 is 4.79 Å². The van der Waals surface area contributed by atoms with Crippen LogP contribution in [0.5, 0.6) is 0 Å². The van der Waals surface area contributed by atoms with E-state index in [0.717, 1.165) is 16.8 Å². The fourth-order valence-electron chi connectivity index (χ4n) is 3.41. The normalized spacial score (nSPS) is 10.9. The SMILES string of the molecule is Cc1cc(C)cc(-n2c(SCC(=O)Nc3cccc(Cl)c3)nc3ccccc3c2=O)c1. The van der Waals surface area contributed by atoms with Gasteiger partial charge in [-0.05, 0) is 67.4 Å². The molecule has 0 bridgehead atoms. The third-order valence-corrected chi connectivity index (χ3v) is 5.82. The molecule has 0 saturated carbocycles. The molecule has 0 radical (unpaired) electrons. The Morgan fingerprint density at radius 1 is 1.03 bits per heavy atom. The van der Waals surface area contributed by atoms with Crippen LogP contribution in [-0.4, -0.2) is 21.2 Å². The van der Waals surface area contributed by atoms with Gasteiger partial charge in [0, 0.05) is 10.7 Å². The number of rotatable bonds is 5. The lowest BCUT2D eigenvalue weighted by Crippen LogP contribution is -2.23. The van der Waals surface area contributed by atoms with Gasteiger partial charge in [-0.3, -0.25) is 14.2 Å². The molecular weight excluding hydrogens is 430 g/mol. The number of aromatic nitrogens is 2. The first-order valence-corrected chi connectivity index (χ1v) is 11.1. The molecule has 3 aromatic carbocycles. The topological polar surface area (TPSA) is 64.0 Å². The Morgan fingerprint density at radius 2 is 1.77 bits per heavy atom. The van der Waals surface area contributed by atoms with Crippen molar-refractivity contribution in [2.24, 2.45) is 0 Å². The van der Waals surface area contributed by atoms with E-state index in [4.69, 9.17) is 11.6 Å². The fraction of sp³-hybridized carbons (Fsp3) is 0.125. The highest BCUT2D eigenvalue weighted by Gasteiger charge is 2.15. The number of thioether (sulfide) groups is 1. The van der Waals surface area contributed by atoms with Gasteiger partial charge in [0.15, 0.2) is 5.16 Å². The Labute approximate surface area is 189 Å². The lowest BCUT2D eigenvalue weighted by atomic mass is 10.1. The first kappa shape index (κ1) is 21.2. The van der Waals surface area contributed by atoms with E-state index in [9.17, 15) is 9.59 Å². The predicted molar refractivity (Wildman–Crippen MR) is 128 cm³/mol. The molecule has 7 heteroatoms. The molecule has 0 unspecified atom stereocenters. The molecule has 1 heterocycles. The molecule has 31 heavy (non-hydrogen) atoms. The molecular formula is C24H20ClN3O2S. The summed E-state index contributed by atoms with van der Waals surface area (Å²) in [6.45, 7) is 3.97. The number of nitrogens with one attached hydrogen (secondary N) is 1. The van der Waals surface area contributed by atoms with Crippen LogP contribution in [0.25, 0.3) is 16.6 Å². The summed E-state index contributed by atoms with van der Waals surface area (Å²) in [5.74, 6) is -0.108. The van der Waals surface area contributed by atoms with E-state index in [1.54, 1.807) is 41.0 Å². The third-order valence-electron chi connectivity index (χ3n) is 4.65. The van der Waals surface area contributed by atoms with Crippen molar-refractivity contribution in [1.82, 2.24) is 9.55 Å². The molecule has 1 N–H and O–H groups in total. The van der Waals surface area contributed by atoms with Crippen molar-refractivity contribution in [2.75, 3.05) is 11.1 Å². The van der Waals surface area contributed by atoms with E-state index >= 15 is 0 Å². The number of para-hydroxylation sites is 1. The summed E-state index contributed by atoms with van der Waals surface area (Å²) in [7, 11) is 0. The molecule has 5 nitrogen and oxygen atoms in total. The molecule has 0 aliphatic rings. The second-order valence-corrected chi connectivity index (χ2v) is 8.62. The van der Waals surface area contributed by atoms with E-state index in [1.807, 2.05) is 44.2 Å². The Kier molecular flexibility index (Phi) is 6.11. The summed E-state index contributed by atoms with van der Waals surface area (Å²) in [5, 5.41) is 4.37. The van der Waals surface area contributed by atoms with Gasteiger partial charge in [0.25, 0.3) is 5.56 Å². The monoisotopic (exact) mass is 449 g/mol. The number of fused-ring (bicyclic) bond motifs is 1. The maximum atomic E-state index is 13.3. The van der Waals surface area contributed by atoms with E-state index in [2.05, 4.69) is 10.3 Å². The van der Waals surface area contributed by atoms with Crippen LogP contribution in [0.4, 0.5) is 5.69 Å². The van der Waals surface area contributed by atoms with E-state index in [0.29, 0.717) is 26.8 Å². The van der Waals surface area contributed by atoms with Crippen LogP contribution in [0.3, 0.4) is 0 Å². The zero-order chi connectivity index (χ0) is 22.0. The van der Waals surface area contributed by atoms with E-state index in [-0.39, 0.29) is 17.2 Å². The van der Waals surface area contributed by atoms with Crippen molar-refractivity contribution >= 4 is 45.9 Å². The standard InChI is InChI=1S/C24H20ClN3O2S/c1-15-10-16(2)12-19(11-15)28-23(30)20-8-3-4-9-21(20)27-24(28)31-14-22(29)26-18-7-5-6-17(25)13-18/h3-13H,14H2,1-2H3,(H,26,29). The minimum absolute atomic E-state index is 0.0993. The predicted octanol–water partition coefficient (Wildman–Crippen LogP) is 5.39. The average Bonchev–Trinajstić information content (AvgIpc) is 2.71. The highest BCUT2D eigenvalue weighted by atomic mass is 35.5. The first-order valence-electron chi connectivity index (χ1n) is 9.69. The fourth-order valence-corrected chi connectivity index (χ4v) is 4.41. The van der Waals surface area contributed by atoms with Gasteiger partial charge < -0.3 is 5.32 Å². The molecule has 0 fully saturated rings. The Morgan fingerprint density at radius 3 is 2.52 bits per heavy atom. The summed E-state index contributed by atoms with van der Waals surface area (Å²) in [6, 6.07) is 20.1. The van der Waals surface area contributed by atoms with Crippen LogP contribution in [0.15, 0.2) is 76.7 Å². The Hall–Kier alpha value is -3.09. The van der Waals surface area contributed by atoms with Crippen molar-refractivity contribution in [2.45, 2.75) is 19.0 Å². The molecule has 0 aliphatic carbocycles. The average molecular weight is 450 g/mol. The Bertz CT molecular complexity index is 1330. The smallest absolute Gasteiger partial charge is 0.266 e. The van der Waals surface area contributed by atoms with Crippen LogP contribution in [-0.2, 0) is 4.79 Å². The number of aryl methyl sites for hydroxylation is 2. The molecule has 0 aliphatic heterocycles. The van der Waals surface area contributed by atoms with Gasteiger partial charge in [0.05, 0.1) is 22.3 Å². The summed E-state index contributed by atoms with van der Waals surface area (Å²) in [5.41, 5.74) is 3.89. The van der Waals surface area contributed by atoms with Gasteiger partial charge in [0.1, 0.15) is 0 Å². The van der Waals surface area contributed by atoms with Crippen molar-refractivity contribution in [3.05, 3.63) is 93.2 Å². The van der Waals surface area contributed by atoms with E-state index in [1.165, 1.54) is 11.8 Å². The lowest BCUT2D eigenvalue weighted by Gasteiger charge is -2.14. The van der Waals surface area contributed by atoms with Gasteiger partial charge in [-0.2, -0.15) is 0 Å². The van der Waals surface area contributed by atoms with Crippen LogP contribution in [0, 0.1) is 13.8 Å². The number of hydrogen-bond acceptors (Lipinski definition) is 4. The Balaban J connectivity index is 1.70. The number of carbonyl (C=O) groups is 1. The van der Waals surface area contributed by atoms with Gasteiger partial charge in [-0.1, -0.05) is 47.6 Å². The minimum Gasteiger partial charge on any atom is -0.325 e. The van der Waals surface area contributed by atoms with Gasteiger partial charge in [-0.25, -0.2) is 4.98 Å². The van der Waals surface area contributed by atoms with Crippen molar-refractivity contribution in [1.29, 1.82) is 0 Å². The highest BCUT2D eigenvalue weighted by Crippen LogP contribution is 2.23. The number of nitrogens with zero attached hydrogens (tertiary/aromatic N) is 2. The van der Waals surface area contributed by atoms with Crippen molar-refractivity contribution in [3.8, 4) is 5.69 Å². The maximum absolute atomic E-state index is 13.3. The summed E-state index contributed by atoms with van der Waals surface area (Å²) >= 11 is 7.20. The first-order chi connectivity index (χ1) is 14.9. The highest BCUT2D eigenvalue weighted by molar-refractivity contribution is 7.99. The van der Waals surface area contributed by atoms with Crippen molar-refractivity contribution in [3.63, 3.8) is 0 Å². The number of hydrogen-bond donors (Lipinski definition) is 1. The quantitative estimate of drug-likeness (QED) is 0.328. The van der Waals surface area contributed by atoms with Gasteiger partial charge in [-0.15, -0.1) is 0 Å². The van der Waals surface area contributed by atoms with Gasteiger partial charge >= 0.3 is 0 Å². The second-order valence-electron chi connectivity index (χ2n) is 7.25. The molecule has 4 rings (SSSR count). The zero-order valence-electron chi connectivity index (χ0n) is 17.1. The lowest BCUT2D eigenvalue weighted by molar-refractivity contribution is -0.113. The van der Waals surface area contributed by atoms with Crippen LogP contribution in [0.2, 0.25) is 5.02 Å². The van der Waals surface area contributed by atoms with Crippen LogP contribution < -0.4 is 10.9 Å². The van der Waals surface area contributed by atoms with Crippen LogP contribution >= 0.6 is 23.4 Å². The zero-order valence-corrected chi connectivity index (χ0v) is 18.6. The molecule has 0 spiro atoms. The molecule has 1 aromatic heterocycles. The van der Waals surface area contributed by atoms with Gasteiger partial charge in [0.2, 0.25) is 5.91 Å². The number of halogens is 1. The minimum atomic E-state index is -0.207. The number of benzene rings is 3. The number of carbonyl (C=O) groups excluding carboxylic acids is 1. The molecule has 0 saturated heterocycles.